The van der Waals surface area contributed by atoms with Crippen molar-refractivity contribution in [1.29, 1.82) is 0 Å². The molecule has 1 saturated carbocycles. The number of thioether (sulfide) groups is 1. The minimum atomic E-state index is -0.178. The molecule has 2 fully saturated rings. The fourth-order valence-electron chi connectivity index (χ4n) is 3.39. The van der Waals surface area contributed by atoms with Gasteiger partial charge in [0.05, 0.1) is 5.92 Å². The lowest BCUT2D eigenvalue weighted by molar-refractivity contribution is -0.129. The lowest BCUT2D eigenvalue weighted by atomic mass is 9.94. The van der Waals surface area contributed by atoms with E-state index in [2.05, 4.69) is 15.3 Å². The predicted octanol–water partition coefficient (Wildman–Crippen LogP) is 1.86. The van der Waals surface area contributed by atoms with Gasteiger partial charge in [0.15, 0.2) is 5.16 Å². The van der Waals surface area contributed by atoms with Crippen LogP contribution in [0.2, 0.25) is 0 Å². The van der Waals surface area contributed by atoms with Crippen molar-refractivity contribution in [2.45, 2.75) is 55.5 Å². The summed E-state index contributed by atoms with van der Waals surface area (Å²) in [5, 5.41) is 4.50. The van der Waals surface area contributed by atoms with Gasteiger partial charge in [0, 0.05) is 43.2 Å². The zero-order valence-electron chi connectivity index (χ0n) is 14.0. The first-order valence-electron chi connectivity index (χ1n) is 8.67. The molecule has 2 aliphatic rings. The molecular formula is C17H24N4O2S. The smallest absolute Gasteiger partial charge is 0.225 e. The maximum Gasteiger partial charge on any atom is 0.225 e. The second-order valence-electron chi connectivity index (χ2n) is 6.46. The summed E-state index contributed by atoms with van der Waals surface area (Å²) in [5.74, 6) is -0.0373. The van der Waals surface area contributed by atoms with Crippen LogP contribution < -0.4 is 5.32 Å². The summed E-state index contributed by atoms with van der Waals surface area (Å²) in [6, 6.07) is 2.06. The topological polar surface area (TPSA) is 75.2 Å². The summed E-state index contributed by atoms with van der Waals surface area (Å²) in [6.07, 6.45) is 7.96. The van der Waals surface area contributed by atoms with Crippen molar-refractivity contribution >= 4 is 23.6 Å². The van der Waals surface area contributed by atoms with Crippen LogP contribution in [0.3, 0.4) is 0 Å². The minimum absolute atomic E-state index is 0.0433. The largest absolute Gasteiger partial charge is 0.353 e. The van der Waals surface area contributed by atoms with Crippen molar-refractivity contribution in [2.75, 3.05) is 13.1 Å². The highest BCUT2D eigenvalue weighted by molar-refractivity contribution is 7.99. The van der Waals surface area contributed by atoms with Crippen LogP contribution in [0.1, 0.15) is 39.0 Å². The van der Waals surface area contributed by atoms with E-state index in [0.717, 1.165) is 30.8 Å². The van der Waals surface area contributed by atoms with Gasteiger partial charge in [-0.25, -0.2) is 9.97 Å². The maximum absolute atomic E-state index is 12.4. The first-order valence-corrected chi connectivity index (χ1v) is 9.55. The van der Waals surface area contributed by atoms with Crippen LogP contribution in [0.4, 0.5) is 0 Å². The minimum Gasteiger partial charge on any atom is -0.353 e. The average molecular weight is 348 g/mol. The molecule has 1 aromatic heterocycles. The van der Waals surface area contributed by atoms with Crippen molar-refractivity contribution in [2.24, 2.45) is 5.92 Å². The first kappa shape index (κ1) is 17.2. The quantitative estimate of drug-likeness (QED) is 0.822. The molecule has 6 nitrogen and oxygen atoms in total. The zero-order chi connectivity index (χ0) is 16.9. The molecular weight excluding hydrogens is 324 g/mol. The van der Waals surface area contributed by atoms with Gasteiger partial charge < -0.3 is 10.2 Å². The van der Waals surface area contributed by atoms with Crippen LogP contribution in [-0.2, 0) is 9.59 Å². The lowest BCUT2D eigenvalue weighted by Gasteiger charge is -2.29. The van der Waals surface area contributed by atoms with Crippen LogP contribution in [0.5, 0.6) is 0 Å². The fraction of sp³-hybridized carbons (Fsp3) is 0.647. The maximum atomic E-state index is 12.4. The number of nitrogens with zero attached hydrogens (tertiary/aromatic N) is 3. The van der Waals surface area contributed by atoms with E-state index in [0.29, 0.717) is 24.8 Å². The van der Waals surface area contributed by atoms with Crippen molar-refractivity contribution in [3.05, 3.63) is 18.5 Å². The Hall–Kier alpha value is -1.63. The molecule has 0 radical (unpaired) electrons. The van der Waals surface area contributed by atoms with Crippen molar-refractivity contribution in [3.8, 4) is 0 Å². The molecule has 0 spiro atoms. The van der Waals surface area contributed by atoms with Crippen molar-refractivity contribution in [1.82, 2.24) is 20.2 Å². The van der Waals surface area contributed by atoms with Crippen LogP contribution in [0, 0.1) is 5.92 Å². The van der Waals surface area contributed by atoms with Crippen LogP contribution in [-0.4, -0.2) is 51.1 Å². The van der Waals surface area contributed by atoms with Gasteiger partial charge in [0.2, 0.25) is 11.8 Å². The van der Waals surface area contributed by atoms with Crippen LogP contribution >= 0.6 is 11.8 Å². The van der Waals surface area contributed by atoms with Crippen molar-refractivity contribution in [3.63, 3.8) is 0 Å². The van der Waals surface area contributed by atoms with E-state index in [1.807, 2.05) is 13.0 Å². The molecule has 7 heteroatoms. The predicted molar refractivity (Wildman–Crippen MR) is 92.4 cm³/mol. The van der Waals surface area contributed by atoms with Crippen LogP contribution in [0.15, 0.2) is 23.6 Å². The molecule has 1 N–H and O–H groups in total. The molecule has 0 aromatic carbocycles. The molecule has 1 aliphatic heterocycles. The van der Waals surface area contributed by atoms with E-state index in [-0.39, 0.29) is 23.8 Å². The highest BCUT2D eigenvalue weighted by atomic mass is 32.2. The van der Waals surface area contributed by atoms with Gasteiger partial charge in [-0.1, -0.05) is 11.8 Å². The van der Waals surface area contributed by atoms with E-state index >= 15 is 0 Å². The Morgan fingerprint density at radius 1 is 1.29 bits per heavy atom. The third-order valence-corrected chi connectivity index (χ3v) is 6.03. The number of likely N-dealkylation sites (tertiary alicyclic amines) is 1. The number of rotatable bonds is 5. The van der Waals surface area contributed by atoms with Gasteiger partial charge >= 0.3 is 0 Å². The highest BCUT2D eigenvalue weighted by Crippen LogP contribution is 2.32. The average Bonchev–Trinajstić information content (AvgIpc) is 2.99. The number of hydrogen-bond acceptors (Lipinski definition) is 5. The third-order valence-electron chi connectivity index (χ3n) is 4.80. The monoisotopic (exact) mass is 348 g/mol. The number of nitrogens with one attached hydrogen (secondary N) is 1. The Balaban J connectivity index is 1.42. The molecule has 1 saturated heterocycles. The second kappa shape index (κ2) is 7.96. The molecule has 24 heavy (non-hydrogen) atoms. The lowest BCUT2D eigenvalue weighted by Crippen LogP contribution is -2.42. The molecule has 130 valence electrons. The van der Waals surface area contributed by atoms with E-state index < -0.39 is 0 Å². The van der Waals surface area contributed by atoms with E-state index in [1.165, 1.54) is 0 Å². The number of amides is 2. The Kier molecular flexibility index (Phi) is 5.71. The van der Waals surface area contributed by atoms with Gasteiger partial charge in [0.1, 0.15) is 0 Å². The van der Waals surface area contributed by atoms with Gasteiger partial charge in [-0.2, -0.15) is 0 Å². The Morgan fingerprint density at radius 3 is 2.62 bits per heavy atom. The van der Waals surface area contributed by atoms with E-state index in [9.17, 15) is 9.59 Å². The van der Waals surface area contributed by atoms with E-state index in [1.54, 1.807) is 29.1 Å². The standard InChI is InChI=1S/C17H24N4O2S/c1-2-21-11-12(10-15(21)22)16(23)20-13-4-6-14(7-5-13)24-17-18-8-3-9-19-17/h3,8-9,12-14H,2,4-7,10-11H2,1H3,(H,20,23). The first-order chi connectivity index (χ1) is 11.7. The summed E-state index contributed by atoms with van der Waals surface area (Å²) >= 11 is 1.73. The Morgan fingerprint density at radius 2 is 2.00 bits per heavy atom. The molecule has 1 atom stereocenters. The number of carbonyl (C=O) groups excluding carboxylic acids is 2. The number of hydrogen-bond donors (Lipinski definition) is 1. The third kappa shape index (κ3) is 4.26. The summed E-state index contributed by atoms with van der Waals surface area (Å²) in [5.41, 5.74) is 0. The highest BCUT2D eigenvalue weighted by Gasteiger charge is 2.34. The zero-order valence-corrected chi connectivity index (χ0v) is 14.8. The van der Waals surface area contributed by atoms with Crippen molar-refractivity contribution < 1.29 is 9.59 Å². The molecule has 1 aliphatic carbocycles. The summed E-state index contributed by atoms with van der Waals surface area (Å²) in [7, 11) is 0. The molecule has 2 heterocycles. The normalized spacial score (nSPS) is 27.3. The molecule has 2 amide bonds. The molecule has 3 rings (SSSR count). The summed E-state index contributed by atoms with van der Waals surface area (Å²) in [4.78, 5) is 34.4. The fourth-order valence-corrected chi connectivity index (χ4v) is 4.44. The van der Waals surface area contributed by atoms with Gasteiger partial charge in [-0.05, 0) is 38.7 Å². The Bertz CT molecular complexity index is 575. The number of aromatic nitrogens is 2. The molecule has 1 unspecified atom stereocenters. The summed E-state index contributed by atoms with van der Waals surface area (Å²) < 4.78 is 0. The number of carbonyl (C=O) groups is 2. The van der Waals surface area contributed by atoms with E-state index in [4.69, 9.17) is 0 Å². The van der Waals surface area contributed by atoms with Gasteiger partial charge in [0.25, 0.3) is 0 Å². The molecule has 1 aromatic rings. The SMILES string of the molecule is CCN1CC(C(=O)NC2CCC(Sc3ncccn3)CC2)CC1=O. The Labute approximate surface area is 146 Å². The second-order valence-corrected chi connectivity index (χ2v) is 7.73. The summed E-state index contributed by atoms with van der Waals surface area (Å²) in [6.45, 7) is 3.21. The molecule has 0 bridgehead atoms. The van der Waals surface area contributed by atoms with Crippen LogP contribution in [0.25, 0.3) is 0 Å². The van der Waals surface area contributed by atoms with Gasteiger partial charge in [-0.15, -0.1) is 0 Å². The van der Waals surface area contributed by atoms with Gasteiger partial charge in [-0.3, -0.25) is 9.59 Å².